The molecule has 0 aliphatic carbocycles. The number of rotatable bonds is 3. The molecule has 2 nitrogen and oxygen atoms in total. The fraction of sp³-hybridized carbons (Fsp3) is 0.231. The van der Waals surface area contributed by atoms with Crippen molar-refractivity contribution in [1.29, 1.82) is 0 Å². The van der Waals surface area contributed by atoms with Crippen LogP contribution in [0.3, 0.4) is 0 Å². The van der Waals surface area contributed by atoms with E-state index in [1.165, 1.54) is 0 Å². The molecule has 1 unspecified atom stereocenters. The summed E-state index contributed by atoms with van der Waals surface area (Å²) in [6.07, 6.45) is 5.64. The predicted molar refractivity (Wildman–Crippen MR) is 65.8 cm³/mol. The first-order chi connectivity index (χ1) is 7.68. The van der Waals surface area contributed by atoms with E-state index in [1.807, 2.05) is 49.4 Å². The normalized spacial score (nSPS) is 23.8. The van der Waals surface area contributed by atoms with Crippen molar-refractivity contribution in [1.82, 2.24) is 5.32 Å². The molecule has 0 bridgehead atoms. The number of dihydropyridines is 1. The fourth-order valence-electron chi connectivity index (χ4n) is 1.53. The zero-order valence-corrected chi connectivity index (χ0v) is 9.87. The maximum absolute atomic E-state index is 5.90. The molecule has 0 aromatic heterocycles. The third kappa shape index (κ3) is 2.87. The van der Waals surface area contributed by atoms with Crippen molar-refractivity contribution in [2.45, 2.75) is 19.3 Å². The van der Waals surface area contributed by atoms with Gasteiger partial charge in [-0.3, -0.25) is 0 Å². The Labute approximate surface area is 101 Å². The molecule has 0 amide bonds. The van der Waals surface area contributed by atoms with E-state index in [4.69, 9.17) is 16.3 Å². The molecular weight excluding hydrogens is 222 g/mol. The van der Waals surface area contributed by atoms with Gasteiger partial charge in [0, 0.05) is 0 Å². The van der Waals surface area contributed by atoms with Crippen molar-refractivity contribution in [3.05, 3.63) is 59.3 Å². The van der Waals surface area contributed by atoms with Crippen molar-refractivity contribution in [2.75, 3.05) is 0 Å². The molecule has 2 rings (SSSR count). The molecule has 84 valence electrons. The Morgan fingerprint density at radius 3 is 2.75 bits per heavy atom. The number of ether oxygens (including phenoxy) is 1. The zero-order valence-electron chi connectivity index (χ0n) is 9.11. The topological polar surface area (TPSA) is 21.3 Å². The van der Waals surface area contributed by atoms with E-state index in [1.54, 1.807) is 6.08 Å². The fourth-order valence-corrected chi connectivity index (χ4v) is 1.79. The largest absolute Gasteiger partial charge is 0.348 e. The van der Waals surface area contributed by atoms with Crippen LogP contribution in [0.15, 0.2) is 53.7 Å². The van der Waals surface area contributed by atoms with E-state index in [0.717, 1.165) is 5.56 Å². The summed E-state index contributed by atoms with van der Waals surface area (Å²) < 4.78 is 5.80. The lowest BCUT2D eigenvalue weighted by molar-refractivity contribution is -0.0237. The second kappa shape index (κ2) is 4.73. The quantitative estimate of drug-likeness (QED) is 0.813. The van der Waals surface area contributed by atoms with Gasteiger partial charge in [0.1, 0.15) is 5.16 Å². The van der Waals surface area contributed by atoms with Gasteiger partial charge in [0.25, 0.3) is 0 Å². The molecule has 16 heavy (non-hydrogen) atoms. The molecule has 0 radical (unpaired) electrons. The highest BCUT2D eigenvalue weighted by Gasteiger charge is 2.23. The van der Waals surface area contributed by atoms with Gasteiger partial charge in [-0.1, -0.05) is 48.0 Å². The Kier molecular flexibility index (Phi) is 3.32. The van der Waals surface area contributed by atoms with Gasteiger partial charge in [0.05, 0.1) is 6.61 Å². The van der Waals surface area contributed by atoms with Crippen LogP contribution in [0.5, 0.6) is 0 Å². The van der Waals surface area contributed by atoms with Crippen molar-refractivity contribution < 1.29 is 4.74 Å². The summed E-state index contributed by atoms with van der Waals surface area (Å²) in [4.78, 5) is 0. The highest BCUT2D eigenvalue weighted by atomic mass is 35.5. The highest BCUT2D eigenvalue weighted by Crippen LogP contribution is 2.19. The molecule has 3 heteroatoms. The molecule has 1 N–H and O–H groups in total. The first-order valence-electron chi connectivity index (χ1n) is 5.19. The first-order valence-corrected chi connectivity index (χ1v) is 5.57. The first kappa shape index (κ1) is 11.2. The second-order valence-electron chi connectivity index (χ2n) is 3.88. The maximum Gasteiger partial charge on any atom is 0.156 e. The number of nitrogens with one attached hydrogen (secondary N) is 1. The van der Waals surface area contributed by atoms with Gasteiger partial charge in [-0.05, 0) is 24.6 Å². The summed E-state index contributed by atoms with van der Waals surface area (Å²) in [5.41, 5.74) is 0.617. The molecule has 1 aliphatic rings. The monoisotopic (exact) mass is 235 g/mol. The smallest absolute Gasteiger partial charge is 0.156 e. The Morgan fingerprint density at radius 2 is 2.06 bits per heavy atom. The number of benzene rings is 1. The Balaban J connectivity index is 1.96. The van der Waals surface area contributed by atoms with Crippen LogP contribution < -0.4 is 5.32 Å². The molecule has 1 aromatic rings. The van der Waals surface area contributed by atoms with E-state index >= 15 is 0 Å². The van der Waals surface area contributed by atoms with Crippen molar-refractivity contribution in [3.63, 3.8) is 0 Å². The molecule has 0 spiro atoms. The van der Waals surface area contributed by atoms with Gasteiger partial charge < -0.3 is 10.1 Å². The van der Waals surface area contributed by atoms with Crippen LogP contribution in [0.25, 0.3) is 0 Å². The summed E-state index contributed by atoms with van der Waals surface area (Å²) in [6.45, 7) is 2.50. The Morgan fingerprint density at radius 1 is 1.31 bits per heavy atom. The van der Waals surface area contributed by atoms with Crippen LogP contribution in [0, 0.1) is 0 Å². The van der Waals surface area contributed by atoms with Gasteiger partial charge in [-0.2, -0.15) is 0 Å². The number of hydrogen-bond acceptors (Lipinski definition) is 2. The summed E-state index contributed by atoms with van der Waals surface area (Å²) in [5.74, 6) is 0. The third-order valence-corrected chi connectivity index (χ3v) is 2.63. The number of hydrogen-bond donors (Lipinski definition) is 1. The van der Waals surface area contributed by atoms with Crippen LogP contribution in [-0.2, 0) is 11.3 Å². The van der Waals surface area contributed by atoms with E-state index in [0.29, 0.717) is 11.8 Å². The Hall–Kier alpha value is -1.25. The molecule has 0 saturated heterocycles. The number of halogens is 1. The standard InChI is InChI=1S/C13H14ClNO/c1-13(9-5-8-12(14)15-13)16-10-11-6-3-2-4-7-11/h2-9,15H,10H2,1H3. The van der Waals surface area contributed by atoms with Gasteiger partial charge >= 0.3 is 0 Å². The van der Waals surface area contributed by atoms with E-state index in [2.05, 4.69) is 5.32 Å². The predicted octanol–water partition coefficient (Wildman–Crippen LogP) is 3.16. The average Bonchev–Trinajstić information content (AvgIpc) is 2.28. The SMILES string of the molecule is CC1(OCc2ccccc2)C=CC=C(Cl)N1. The second-order valence-corrected chi connectivity index (χ2v) is 4.29. The van der Waals surface area contributed by atoms with Gasteiger partial charge in [-0.25, -0.2) is 0 Å². The van der Waals surface area contributed by atoms with Crippen molar-refractivity contribution in [3.8, 4) is 0 Å². The molecule has 0 fully saturated rings. The van der Waals surface area contributed by atoms with Crippen LogP contribution in [0.2, 0.25) is 0 Å². The molecule has 1 aromatic carbocycles. The minimum atomic E-state index is -0.526. The van der Waals surface area contributed by atoms with Gasteiger partial charge in [0.15, 0.2) is 5.72 Å². The van der Waals surface area contributed by atoms with Gasteiger partial charge in [0.2, 0.25) is 0 Å². The van der Waals surface area contributed by atoms with Crippen molar-refractivity contribution in [2.24, 2.45) is 0 Å². The maximum atomic E-state index is 5.90. The lowest BCUT2D eigenvalue weighted by Gasteiger charge is -2.30. The van der Waals surface area contributed by atoms with E-state index in [9.17, 15) is 0 Å². The summed E-state index contributed by atoms with van der Waals surface area (Å²) in [7, 11) is 0. The summed E-state index contributed by atoms with van der Waals surface area (Å²) in [6, 6.07) is 10.1. The van der Waals surface area contributed by atoms with Crippen LogP contribution in [0.1, 0.15) is 12.5 Å². The minimum Gasteiger partial charge on any atom is -0.348 e. The van der Waals surface area contributed by atoms with E-state index < -0.39 is 5.72 Å². The molecular formula is C13H14ClNO. The van der Waals surface area contributed by atoms with Crippen LogP contribution in [-0.4, -0.2) is 5.72 Å². The average molecular weight is 236 g/mol. The van der Waals surface area contributed by atoms with E-state index in [-0.39, 0.29) is 0 Å². The molecule has 1 aliphatic heterocycles. The number of allylic oxidation sites excluding steroid dienone is 2. The lowest BCUT2D eigenvalue weighted by atomic mass is 10.2. The minimum absolute atomic E-state index is 0.526. The van der Waals surface area contributed by atoms with Crippen LogP contribution >= 0.6 is 11.6 Å². The zero-order chi connectivity index (χ0) is 11.4. The lowest BCUT2D eigenvalue weighted by Crippen LogP contribution is -2.42. The molecule has 1 atom stereocenters. The highest BCUT2D eigenvalue weighted by molar-refractivity contribution is 6.29. The van der Waals surface area contributed by atoms with Crippen LogP contribution in [0.4, 0.5) is 0 Å². The molecule has 1 heterocycles. The third-order valence-electron chi connectivity index (χ3n) is 2.41. The summed E-state index contributed by atoms with van der Waals surface area (Å²) in [5, 5.41) is 3.68. The van der Waals surface area contributed by atoms with Crippen molar-refractivity contribution >= 4 is 11.6 Å². The summed E-state index contributed by atoms with van der Waals surface area (Å²) >= 11 is 5.90. The Bertz CT molecular complexity index is 413. The molecule has 0 saturated carbocycles. The van der Waals surface area contributed by atoms with Gasteiger partial charge in [-0.15, -0.1) is 0 Å².